The second-order valence-corrected chi connectivity index (χ2v) is 5.19. The standard InChI is InChI=1S/C15H20O6/c1-8(2)12(15(17)19-4)13(16)9-5-10(18-3)14-11(6-9)20-7-21-14/h5-6,8,12-13,16H,7H2,1-4H3. The number of hydrogen-bond acceptors (Lipinski definition) is 6. The normalized spacial score (nSPS) is 15.7. The summed E-state index contributed by atoms with van der Waals surface area (Å²) in [5.41, 5.74) is 0.528. The van der Waals surface area contributed by atoms with Gasteiger partial charge in [-0.2, -0.15) is 0 Å². The predicted molar refractivity (Wildman–Crippen MR) is 74.4 cm³/mol. The minimum absolute atomic E-state index is 0.0798. The van der Waals surface area contributed by atoms with E-state index in [1.165, 1.54) is 14.2 Å². The van der Waals surface area contributed by atoms with Gasteiger partial charge in [-0.3, -0.25) is 4.79 Å². The van der Waals surface area contributed by atoms with Crippen LogP contribution in [0.2, 0.25) is 0 Å². The summed E-state index contributed by atoms with van der Waals surface area (Å²) in [6.07, 6.45) is -1.01. The molecule has 0 fully saturated rings. The van der Waals surface area contributed by atoms with Gasteiger partial charge in [-0.15, -0.1) is 0 Å². The zero-order valence-electron chi connectivity index (χ0n) is 12.6. The molecular formula is C15H20O6. The Balaban J connectivity index is 2.38. The fraction of sp³-hybridized carbons (Fsp3) is 0.533. The van der Waals surface area contributed by atoms with E-state index in [0.29, 0.717) is 22.8 Å². The molecule has 0 aromatic heterocycles. The van der Waals surface area contributed by atoms with Crippen LogP contribution in [0.4, 0.5) is 0 Å². The van der Waals surface area contributed by atoms with Gasteiger partial charge in [0.25, 0.3) is 0 Å². The first kappa shape index (κ1) is 15.4. The zero-order valence-corrected chi connectivity index (χ0v) is 12.6. The van der Waals surface area contributed by atoms with E-state index in [1.54, 1.807) is 12.1 Å². The number of benzene rings is 1. The topological polar surface area (TPSA) is 74.2 Å². The zero-order chi connectivity index (χ0) is 15.6. The van der Waals surface area contributed by atoms with E-state index in [-0.39, 0.29) is 12.7 Å². The molecule has 1 aliphatic heterocycles. The summed E-state index contributed by atoms with van der Waals surface area (Å²) in [5.74, 6) is 0.271. The number of aliphatic hydroxyl groups is 1. The van der Waals surface area contributed by atoms with Gasteiger partial charge in [-0.25, -0.2) is 0 Å². The second kappa shape index (κ2) is 6.22. The van der Waals surface area contributed by atoms with E-state index in [1.807, 2.05) is 13.8 Å². The highest BCUT2D eigenvalue weighted by Gasteiger charge is 2.33. The third-order valence-corrected chi connectivity index (χ3v) is 3.55. The maximum Gasteiger partial charge on any atom is 0.311 e. The lowest BCUT2D eigenvalue weighted by Gasteiger charge is -2.24. The summed E-state index contributed by atoms with van der Waals surface area (Å²) in [6.45, 7) is 3.82. The highest BCUT2D eigenvalue weighted by Crippen LogP contribution is 2.44. The van der Waals surface area contributed by atoms with Crippen molar-refractivity contribution in [3.63, 3.8) is 0 Å². The molecule has 0 bridgehead atoms. The van der Waals surface area contributed by atoms with Crippen LogP contribution in [0.25, 0.3) is 0 Å². The van der Waals surface area contributed by atoms with Gasteiger partial charge in [0, 0.05) is 0 Å². The van der Waals surface area contributed by atoms with Crippen LogP contribution in [-0.2, 0) is 9.53 Å². The Labute approximate surface area is 123 Å². The Kier molecular flexibility index (Phi) is 4.57. The average Bonchev–Trinajstić information content (AvgIpc) is 2.93. The van der Waals surface area contributed by atoms with E-state index in [4.69, 9.17) is 18.9 Å². The Morgan fingerprint density at radius 2 is 2.00 bits per heavy atom. The molecule has 2 atom stereocenters. The third kappa shape index (κ3) is 2.90. The van der Waals surface area contributed by atoms with Crippen molar-refractivity contribution in [3.8, 4) is 17.2 Å². The van der Waals surface area contributed by atoms with Gasteiger partial charge < -0.3 is 24.1 Å². The molecule has 1 aromatic carbocycles. The number of methoxy groups -OCH3 is 2. The van der Waals surface area contributed by atoms with Crippen molar-refractivity contribution >= 4 is 5.97 Å². The Hall–Kier alpha value is -1.95. The SMILES string of the molecule is COC(=O)C(C(C)C)C(O)c1cc(OC)c2c(c1)OCO2. The summed E-state index contributed by atoms with van der Waals surface area (Å²) in [5, 5.41) is 10.6. The maximum absolute atomic E-state index is 11.9. The fourth-order valence-corrected chi connectivity index (χ4v) is 2.43. The maximum atomic E-state index is 11.9. The summed E-state index contributed by atoms with van der Waals surface area (Å²) in [7, 11) is 2.82. The van der Waals surface area contributed by atoms with E-state index in [2.05, 4.69) is 0 Å². The number of rotatable bonds is 5. The Bertz CT molecular complexity index is 525. The minimum Gasteiger partial charge on any atom is -0.493 e. The van der Waals surface area contributed by atoms with Crippen LogP contribution in [0.5, 0.6) is 17.2 Å². The van der Waals surface area contributed by atoms with Crippen molar-refractivity contribution in [2.75, 3.05) is 21.0 Å². The molecule has 0 radical (unpaired) electrons. The van der Waals surface area contributed by atoms with Crippen LogP contribution in [0.1, 0.15) is 25.5 Å². The molecule has 0 aliphatic carbocycles. The van der Waals surface area contributed by atoms with Gasteiger partial charge in [-0.1, -0.05) is 13.8 Å². The molecule has 116 valence electrons. The quantitative estimate of drug-likeness (QED) is 0.837. The van der Waals surface area contributed by atoms with Crippen LogP contribution in [0, 0.1) is 11.8 Å². The van der Waals surface area contributed by atoms with Crippen LogP contribution >= 0.6 is 0 Å². The van der Waals surface area contributed by atoms with Gasteiger partial charge in [-0.05, 0) is 23.6 Å². The summed E-state index contributed by atoms with van der Waals surface area (Å²) >= 11 is 0. The first-order valence-electron chi connectivity index (χ1n) is 6.73. The smallest absolute Gasteiger partial charge is 0.311 e. The third-order valence-electron chi connectivity index (χ3n) is 3.55. The molecule has 6 nitrogen and oxygen atoms in total. The van der Waals surface area contributed by atoms with Crippen LogP contribution in [0.3, 0.4) is 0 Å². The number of esters is 1. The molecule has 1 N–H and O–H groups in total. The van der Waals surface area contributed by atoms with Crippen LogP contribution in [-0.4, -0.2) is 32.1 Å². The second-order valence-electron chi connectivity index (χ2n) is 5.19. The Morgan fingerprint density at radius 3 is 2.57 bits per heavy atom. The van der Waals surface area contributed by atoms with Crippen LogP contribution in [0.15, 0.2) is 12.1 Å². The molecule has 0 saturated carbocycles. The fourth-order valence-electron chi connectivity index (χ4n) is 2.43. The number of fused-ring (bicyclic) bond motifs is 1. The molecule has 21 heavy (non-hydrogen) atoms. The molecule has 2 rings (SSSR count). The summed E-state index contributed by atoms with van der Waals surface area (Å²) in [6, 6.07) is 3.31. The van der Waals surface area contributed by atoms with Crippen molar-refractivity contribution in [1.82, 2.24) is 0 Å². The minimum atomic E-state index is -1.01. The molecule has 0 amide bonds. The predicted octanol–water partition coefficient (Wildman–Crippen LogP) is 1.90. The largest absolute Gasteiger partial charge is 0.493 e. The monoisotopic (exact) mass is 296 g/mol. The van der Waals surface area contributed by atoms with Crippen molar-refractivity contribution in [2.45, 2.75) is 20.0 Å². The average molecular weight is 296 g/mol. The van der Waals surface area contributed by atoms with Crippen molar-refractivity contribution in [3.05, 3.63) is 17.7 Å². The number of carbonyl (C=O) groups excluding carboxylic acids is 1. The summed E-state index contributed by atoms with van der Waals surface area (Å²) < 4.78 is 20.7. The number of aliphatic hydroxyl groups excluding tert-OH is 1. The molecule has 6 heteroatoms. The first-order valence-corrected chi connectivity index (χ1v) is 6.73. The van der Waals surface area contributed by atoms with Gasteiger partial charge >= 0.3 is 5.97 Å². The molecule has 1 aliphatic rings. The first-order chi connectivity index (χ1) is 9.99. The van der Waals surface area contributed by atoms with Crippen LogP contribution < -0.4 is 14.2 Å². The van der Waals surface area contributed by atoms with E-state index in [0.717, 1.165) is 0 Å². The highest BCUT2D eigenvalue weighted by atomic mass is 16.7. The number of hydrogen-bond donors (Lipinski definition) is 1. The molecule has 1 heterocycles. The summed E-state index contributed by atoms with van der Waals surface area (Å²) in [4.78, 5) is 11.9. The van der Waals surface area contributed by atoms with Gasteiger partial charge in [0.05, 0.1) is 26.2 Å². The molecular weight excluding hydrogens is 276 g/mol. The lowest BCUT2D eigenvalue weighted by Crippen LogP contribution is -2.28. The Morgan fingerprint density at radius 1 is 1.29 bits per heavy atom. The van der Waals surface area contributed by atoms with Gasteiger partial charge in [0.15, 0.2) is 11.5 Å². The number of carbonyl (C=O) groups is 1. The van der Waals surface area contributed by atoms with Crippen molar-refractivity contribution in [2.24, 2.45) is 11.8 Å². The van der Waals surface area contributed by atoms with E-state index >= 15 is 0 Å². The van der Waals surface area contributed by atoms with Gasteiger partial charge in [0.2, 0.25) is 12.5 Å². The molecule has 0 saturated heterocycles. The molecule has 2 unspecified atom stereocenters. The number of ether oxygens (including phenoxy) is 4. The lowest BCUT2D eigenvalue weighted by atomic mass is 9.86. The highest BCUT2D eigenvalue weighted by molar-refractivity contribution is 5.73. The lowest BCUT2D eigenvalue weighted by molar-refractivity contribution is -0.152. The van der Waals surface area contributed by atoms with E-state index in [9.17, 15) is 9.90 Å². The van der Waals surface area contributed by atoms with Gasteiger partial charge in [0.1, 0.15) is 0 Å². The molecule has 0 spiro atoms. The van der Waals surface area contributed by atoms with Crippen molar-refractivity contribution in [1.29, 1.82) is 0 Å². The molecule has 1 aromatic rings. The van der Waals surface area contributed by atoms with Crippen molar-refractivity contribution < 1.29 is 28.8 Å². The van der Waals surface area contributed by atoms with E-state index < -0.39 is 18.0 Å².